The Hall–Kier alpha value is -2.12. The van der Waals surface area contributed by atoms with Crippen LogP contribution in [0.4, 0.5) is 0 Å². The Kier molecular flexibility index (Phi) is 6.25. The van der Waals surface area contributed by atoms with Crippen LogP contribution in [0.15, 0.2) is 29.4 Å². The smallest absolute Gasteiger partial charge is 0.264 e. The molecular formula is C18H25N3O4. The Morgan fingerprint density at radius 1 is 1.32 bits per heavy atom. The van der Waals surface area contributed by atoms with E-state index in [2.05, 4.69) is 15.4 Å². The summed E-state index contributed by atoms with van der Waals surface area (Å²) in [6.45, 7) is 5.16. The first-order valence-corrected chi connectivity index (χ1v) is 8.71. The van der Waals surface area contributed by atoms with Gasteiger partial charge in [-0.15, -0.1) is 0 Å². The van der Waals surface area contributed by atoms with E-state index >= 15 is 0 Å². The molecule has 0 saturated carbocycles. The summed E-state index contributed by atoms with van der Waals surface area (Å²) >= 11 is 0. The van der Waals surface area contributed by atoms with Crippen molar-refractivity contribution in [3.63, 3.8) is 0 Å². The fraction of sp³-hybridized carbons (Fsp3) is 0.556. The van der Waals surface area contributed by atoms with Gasteiger partial charge in [0.05, 0.1) is 26.0 Å². The maximum absolute atomic E-state index is 12.2. The van der Waals surface area contributed by atoms with E-state index in [4.69, 9.17) is 14.3 Å². The maximum Gasteiger partial charge on any atom is 0.264 e. The summed E-state index contributed by atoms with van der Waals surface area (Å²) in [6.07, 6.45) is 0.868. The van der Waals surface area contributed by atoms with Gasteiger partial charge in [0, 0.05) is 26.1 Å². The molecule has 0 aliphatic carbocycles. The number of methoxy groups -OCH3 is 1. The molecular weight excluding hydrogens is 322 g/mol. The number of nitrogens with zero attached hydrogens (tertiary/aromatic N) is 2. The van der Waals surface area contributed by atoms with Crippen LogP contribution in [-0.4, -0.2) is 69.1 Å². The molecule has 0 bridgehead atoms. The van der Waals surface area contributed by atoms with Gasteiger partial charge in [-0.25, -0.2) is 0 Å². The van der Waals surface area contributed by atoms with Crippen molar-refractivity contribution in [1.29, 1.82) is 0 Å². The van der Waals surface area contributed by atoms with Crippen molar-refractivity contribution in [2.45, 2.75) is 18.9 Å². The molecule has 136 valence electrons. The van der Waals surface area contributed by atoms with E-state index in [1.54, 1.807) is 7.11 Å². The molecule has 0 aromatic heterocycles. The number of benzene rings is 1. The van der Waals surface area contributed by atoms with Crippen LogP contribution < -0.4 is 10.1 Å². The molecule has 0 unspecified atom stereocenters. The first kappa shape index (κ1) is 17.7. The van der Waals surface area contributed by atoms with Crippen molar-refractivity contribution >= 4 is 11.6 Å². The Labute approximate surface area is 147 Å². The number of hydrogen-bond acceptors (Lipinski definition) is 6. The SMILES string of the molecule is COc1ccc(C2=NO[C@@H](C(=O)NCCCN3CCOCC3)C2)cc1. The van der Waals surface area contributed by atoms with Crippen LogP contribution in [0.3, 0.4) is 0 Å². The highest BCUT2D eigenvalue weighted by Gasteiger charge is 2.28. The first-order chi connectivity index (χ1) is 12.3. The monoisotopic (exact) mass is 347 g/mol. The summed E-state index contributed by atoms with van der Waals surface area (Å²) in [5, 5.41) is 7.00. The standard InChI is InChI=1S/C18H25N3O4/c1-23-15-5-3-14(4-6-15)16-13-17(25-20-16)18(22)19-7-2-8-21-9-11-24-12-10-21/h3-6,17H,2,7-13H2,1H3,(H,19,22)/t17-/m1/s1. The number of amides is 1. The van der Waals surface area contributed by atoms with E-state index < -0.39 is 6.10 Å². The lowest BCUT2D eigenvalue weighted by Gasteiger charge is -2.26. The molecule has 7 heteroatoms. The highest BCUT2D eigenvalue weighted by Crippen LogP contribution is 2.19. The van der Waals surface area contributed by atoms with Gasteiger partial charge in [0.1, 0.15) is 5.75 Å². The molecule has 0 spiro atoms. The van der Waals surface area contributed by atoms with E-state index in [1.165, 1.54) is 0 Å². The second kappa shape index (κ2) is 8.82. The largest absolute Gasteiger partial charge is 0.497 e. The predicted molar refractivity (Wildman–Crippen MR) is 93.9 cm³/mol. The van der Waals surface area contributed by atoms with Gasteiger partial charge in [-0.05, 0) is 42.8 Å². The van der Waals surface area contributed by atoms with Crippen molar-refractivity contribution in [2.75, 3.05) is 46.5 Å². The molecule has 25 heavy (non-hydrogen) atoms. The van der Waals surface area contributed by atoms with Crippen molar-refractivity contribution in [2.24, 2.45) is 5.16 Å². The van der Waals surface area contributed by atoms with Gasteiger partial charge in [-0.3, -0.25) is 9.69 Å². The summed E-state index contributed by atoms with van der Waals surface area (Å²) in [4.78, 5) is 19.9. The number of oxime groups is 1. The number of carbonyl (C=O) groups is 1. The van der Waals surface area contributed by atoms with Crippen LogP contribution in [-0.2, 0) is 14.4 Å². The van der Waals surface area contributed by atoms with Crippen molar-refractivity contribution in [1.82, 2.24) is 10.2 Å². The van der Waals surface area contributed by atoms with Crippen LogP contribution in [0.25, 0.3) is 0 Å². The van der Waals surface area contributed by atoms with Crippen LogP contribution >= 0.6 is 0 Å². The molecule has 2 heterocycles. The lowest BCUT2D eigenvalue weighted by molar-refractivity contribution is -0.131. The van der Waals surface area contributed by atoms with E-state index in [0.717, 1.165) is 56.3 Å². The Morgan fingerprint density at radius 3 is 2.80 bits per heavy atom. The van der Waals surface area contributed by atoms with E-state index in [9.17, 15) is 4.79 Å². The summed E-state index contributed by atoms with van der Waals surface area (Å²) in [5.41, 5.74) is 1.74. The summed E-state index contributed by atoms with van der Waals surface area (Å²) < 4.78 is 10.5. The van der Waals surface area contributed by atoms with Gasteiger partial charge in [-0.1, -0.05) is 5.16 Å². The van der Waals surface area contributed by atoms with E-state index in [0.29, 0.717) is 13.0 Å². The average Bonchev–Trinajstić information content (AvgIpc) is 3.16. The normalized spacial score (nSPS) is 20.7. The minimum atomic E-state index is -0.541. The van der Waals surface area contributed by atoms with E-state index in [-0.39, 0.29) is 5.91 Å². The molecule has 1 aromatic carbocycles. The predicted octanol–water partition coefficient (Wildman–Crippen LogP) is 1.03. The number of ether oxygens (including phenoxy) is 2. The van der Waals surface area contributed by atoms with Gasteiger partial charge in [0.2, 0.25) is 6.10 Å². The quantitative estimate of drug-likeness (QED) is 0.746. The first-order valence-electron chi connectivity index (χ1n) is 8.71. The molecule has 1 fully saturated rings. The van der Waals surface area contributed by atoms with Crippen molar-refractivity contribution in [3.05, 3.63) is 29.8 Å². The fourth-order valence-electron chi connectivity index (χ4n) is 2.92. The molecule has 2 aliphatic rings. The van der Waals surface area contributed by atoms with Crippen LogP contribution in [0.2, 0.25) is 0 Å². The number of hydrogen-bond donors (Lipinski definition) is 1. The Morgan fingerprint density at radius 2 is 2.08 bits per heavy atom. The minimum Gasteiger partial charge on any atom is -0.497 e. The van der Waals surface area contributed by atoms with Crippen LogP contribution in [0.5, 0.6) is 5.75 Å². The number of carbonyl (C=O) groups excluding carboxylic acids is 1. The van der Waals surface area contributed by atoms with Gasteiger partial charge >= 0.3 is 0 Å². The average molecular weight is 347 g/mol. The zero-order valence-electron chi connectivity index (χ0n) is 14.6. The lowest BCUT2D eigenvalue weighted by Crippen LogP contribution is -2.39. The third-order valence-corrected chi connectivity index (χ3v) is 4.44. The second-order valence-electron chi connectivity index (χ2n) is 6.16. The Balaban J connectivity index is 1.37. The van der Waals surface area contributed by atoms with Crippen molar-refractivity contribution < 1.29 is 19.1 Å². The van der Waals surface area contributed by atoms with Gasteiger partial charge in [0.25, 0.3) is 5.91 Å². The molecule has 0 radical (unpaired) electrons. The maximum atomic E-state index is 12.2. The highest BCUT2D eigenvalue weighted by molar-refractivity contribution is 6.04. The van der Waals surface area contributed by atoms with Crippen molar-refractivity contribution in [3.8, 4) is 5.75 Å². The molecule has 1 atom stereocenters. The molecule has 1 saturated heterocycles. The molecule has 2 aliphatic heterocycles. The number of rotatable bonds is 7. The molecule has 1 N–H and O–H groups in total. The van der Waals surface area contributed by atoms with Gasteiger partial charge < -0.3 is 19.6 Å². The van der Waals surface area contributed by atoms with Crippen LogP contribution in [0, 0.1) is 0 Å². The Bertz CT molecular complexity index is 597. The van der Waals surface area contributed by atoms with Gasteiger partial charge in [-0.2, -0.15) is 0 Å². The summed E-state index contributed by atoms with van der Waals surface area (Å²) in [5.74, 6) is 0.687. The molecule has 7 nitrogen and oxygen atoms in total. The molecule has 3 rings (SSSR count). The topological polar surface area (TPSA) is 72.4 Å². The van der Waals surface area contributed by atoms with Gasteiger partial charge in [0.15, 0.2) is 0 Å². The lowest BCUT2D eigenvalue weighted by atomic mass is 10.0. The number of morpholine rings is 1. The zero-order valence-corrected chi connectivity index (χ0v) is 14.6. The highest BCUT2D eigenvalue weighted by atomic mass is 16.6. The zero-order chi connectivity index (χ0) is 17.5. The van der Waals surface area contributed by atoms with Crippen LogP contribution in [0.1, 0.15) is 18.4 Å². The third kappa shape index (κ3) is 4.93. The fourth-order valence-corrected chi connectivity index (χ4v) is 2.92. The minimum absolute atomic E-state index is 0.103. The summed E-state index contributed by atoms with van der Waals surface area (Å²) in [6, 6.07) is 7.58. The molecule has 1 amide bonds. The van der Waals surface area contributed by atoms with E-state index in [1.807, 2.05) is 24.3 Å². The molecule has 1 aromatic rings. The second-order valence-corrected chi connectivity index (χ2v) is 6.16. The third-order valence-electron chi connectivity index (χ3n) is 4.44. The summed E-state index contributed by atoms with van der Waals surface area (Å²) in [7, 11) is 1.63. The number of nitrogens with one attached hydrogen (secondary N) is 1.